The molecule has 23 heavy (non-hydrogen) atoms. The number of rotatable bonds is 5. The summed E-state index contributed by atoms with van der Waals surface area (Å²) in [6.07, 6.45) is 0. The first-order valence-electron chi connectivity index (χ1n) is 6.70. The smallest absolute Gasteiger partial charge is 0.339 e. The number of halogens is 1. The highest BCUT2D eigenvalue weighted by Crippen LogP contribution is 2.15. The highest BCUT2D eigenvalue weighted by molar-refractivity contribution is 14.1. The molecule has 0 saturated carbocycles. The minimum atomic E-state index is -0.542. The zero-order valence-electron chi connectivity index (χ0n) is 12.2. The van der Waals surface area contributed by atoms with Crippen LogP contribution < -0.4 is 4.74 Å². The van der Waals surface area contributed by atoms with E-state index < -0.39 is 11.9 Å². The van der Waals surface area contributed by atoms with E-state index in [1.165, 1.54) is 31.2 Å². The van der Waals surface area contributed by atoms with E-state index in [-0.39, 0.29) is 12.4 Å². The summed E-state index contributed by atoms with van der Waals surface area (Å²) in [7, 11) is 0. The van der Waals surface area contributed by atoms with Crippen LogP contribution in [0.1, 0.15) is 27.6 Å². The maximum Gasteiger partial charge on any atom is 0.339 e. The van der Waals surface area contributed by atoms with Gasteiger partial charge in [0.15, 0.2) is 12.4 Å². The molecule has 0 N–H and O–H groups in total. The number of hydrogen-bond acceptors (Lipinski definition) is 5. The maximum absolute atomic E-state index is 12.0. The highest BCUT2D eigenvalue weighted by Gasteiger charge is 2.14. The van der Waals surface area contributed by atoms with Crippen molar-refractivity contribution >= 4 is 40.3 Å². The Kier molecular flexibility index (Phi) is 5.86. The summed E-state index contributed by atoms with van der Waals surface area (Å²) < 4.78 is 10.7. The summed E-state index contributed by atoms with van der Waals surface area (Å²) in [5, 5.41) is 0. The van der Waals surface area contributed by atoms with Crippen molar-refractivity contribution in [3.05, 3.63) is 63.2 Å². The predicted octanol–water partition coefficient (Wildman–Crippen LogP) is 3.26. The van der Waals surface area contributed by atoms with Crippen LogP contribution in [0.3, 0.4) is 0 Å². The fourth-order valence-corrected chi connectivity index (χ4v) is 2.40. The van der Waals surface area contributed by atoms with Gasteiger partial charge >= 0.3 is 11.9 Å². The second-order valence-corrected chi connectivity index (χ2v) is 5.76. The quantitative estimate of drug-likeness (QED) is 0.319. The first-order valence-corrected chi connectivity index (χ1v) is 7.78. The monoisotopic (exact) mass is 424 g/mol. The Balaban J connectivity index is 1.95. The lowest BCUT2D eigenvalue weighted by molar-refractivity contribution is -0.131. The number of carbonyl (C=O) groups is 3. The fraction of sp³-hybridized carbons (Fsp3) is 0.118. The average Bonchev–Trinajstić information content (AvgIpc) is 2.53. The predicted molar refractivity (Wildman–Crippen MR) is 91.5 cm³/mol. The van der Waals surface area contributed by atoms with E-state index in [1.54, 1.807) is 18.2 Å². The van der Waals surface area contributed by atoms with E-state index in [0.29, 0.717) is 16.9 Å². The summed E-state index contributed by atoms with van der Waals surface area (Å²) in [6.45, 7) is 0.945. The largest absolute Gasteiger partial charge is 0.454 e. The summed E-state index contributed by atoms with van der Waals surface area (Å²) in [5.41, 5.74) is 0.794. The van der Waals surface area contributed by atoms with Gasteiger partial charge in [-0.2, -0.15) is 0 Å². The third-order valence-electron chi connectivity index (χ3n) is 2.87. The van der Waals surface area contributed by atoms with E-state index in [4.69, 9.17) is 9.47 Å². The zero-order valence-corrected chi connectivity index (χ0v) is 14.4. The summed E-state index contributed by atoms with van der Waals surface area (Å²) in [6, 6.07) is 13.0. The van der Waals surface area contributed by atoms with Crippen molar-refractivity contribution in [2.24, 2.45) is 0 Å². The number of ketones is 1. The van der Waals surface area contributed by atoms with Crippen LogP contribution in [-0.2, 0) is 9.53 Å². The minimum absolute atomic E-state index is 0.335. The molecule has 118 valence electrons. The molecule has 0 saturated heterocycles. The molecule has 0 bridgehead atoms. The van der Waals surface area contributed by atoms with Gasteiger partial charge < -0.3 is 9.47 Å². The third kappa shape index (κ3) is 4.88. The lowest BCUT2D eigenvalue weighted by atomic mass is 10.1. The third-order valence-corrected chi connectivity index (χ3v) is 3.81. The molecule has 2 aromatic rings. The molecular formula is C17H13IO5. The molecule has 0 unspecified atom stereocenters. The van der Waals surface area contributed by atoms with Crippen LogP contribution in [0, 0.1) is 3.57 Å². The number of Topliss-reactive ketones (excluding diaryl/α,β-unsaturated/α-hetero) is 1. The Hall–Kier alpha value is -2.22. The molecule has 0 aromatic heterocycles. The SMILES string of the molecule is CC(=O)Oc1ccc(C(=O)COC(=O)c2ccccc2I)cc1. The van der Waals surface area contributed by atoms with Crippen LogP contribution >= 0.6 is 22.6 Å². The molecule has 0 aliphatic carbocycles. The van der Waals surface area contributed by atoms with E-state index in [9.17, 15) is 14.4 Å². The Bertz CT molecular complexity index is 737. The molecule has 2 aromatic carbocycles. The molecule has 5 nitrogen and oxygen atoms in total. The average molecular weight is 424 g/mol. The van der Waals surface area contributed by atoms with Gasteiger partial charge in [0.25, 0.3) is 0 Å². The van der Waals surface area contributed by atoms with Crippen LogP contribution in [0.25, 0.3) is 0 Å². The number of carbonyl (C=O) groups excluding carboxylic acids is 3. The normalized spacial score (nSPS) is 10.0. The number of hydrogen-bond donors (Lipinski definition) is 0. The standard InChI is InChI=1S/C17H13IO5/c1-11(19)23-13-8-6-12(7-9-13)16(20)10-22-17(21)14-4-2-3-5-15(14)18/h2-9H,10H2,1H3. The fourth-order valence-electron chi connectivity index (χ4n) is 1.79. The lowest BCUT2D eigenvalue weighted by Gasteiger charge is -2.06. The first kappa shape index (κ1) is 17.1. The number of esters is 2. The minimum Gasteiger partial charge on any atom is -0.454 e. The molecule has 6 heteroatoms. The van der Waals surface area contributed by atoms with Crippen LogP contribution in [0.5, 0.6) is 5.75 Å². The van der Waals surface area contributed by atoms with Crippen molar-refractivity contribution in [2.75, 3.05) is 6.61 Å². The molecule has 0 atom stereocenters. The van der Waals surface area contributed by atoms with Gasteiger partial charge in [-0.1, -0.05) is 12.1 Å². The summed E-state index contributed by atoms with van der Waals surface area (Å²) in [5.74, 6) is -0.959. The van der Waals surface area contributed by atoms with Crippen LogP contribution in [0.15, 0.2) is 48.5 Å². The maximum atomic E-state index is 12.0. The molecule has 0 aliphatic rings. The molecule has 0 spiro atoms. The van der Waals surface area contributed by atoms with E-state index >= 15 is 0 Å². The van der Waals surface area contributed by atoms with Crippen molar-refractivity contribution in [1.82, 2.24) is 0 Å². The van der Waals surface area contributed by atoms with Gasteiger partial charge in [-0.3, -0.25) is 9.59 Å². The molecule has 0 heterocycles. The molecule has 0 radical (unpaired) electrons. The van der Waals surface area contributed by atoms with Gasteiger partial charge in [0, 0.05) is 16.1 Å². The Morgan fingerprint density at radius 1 is 1.00 bits per heavy atom. The molecular weight excluding hydrogens is 411 g/mol. The van der Waals surface area contributed by atoms with Gasteiger partial charge in [0.05, 0.1) is 5.56 Å². The molecule has 0 fully saturated rings. The van der Waals surface area contributed by atoms with Gasteiger partial charge in [-0.25, -0.2) is 4.79 Å². The summed E-state index contributed by atoms with van der Waals surface area (Å²) in [4.78, 5) is 34.8. The topological polar surface area (TPSA) is 69.7 Å². The van der Waals surface area contributed by atoms with E-state index in [0.717, 1.165) is 3.57 Å². The number of ether oxygens (including phenoxy) is 2. The highest BCUT2D eigenvalue weighted by atomic mass is 127. The lowest BCUT2D eigenvalue weighted by Crippen LogP contribution is -2.15. The second kappa shape index (κ2) is 7.87. The van der Waals surface area contributed by atoms with E-state index in [1.807, 2.05) is 28.7 Å². The first-order chi connectivity index (χ1) is 11.0. The van der Waals surface area contributed by atoms with Crippen LogP contribution in [0.2, 0.25) is 0 Å². The molecule has 2 rings (SSSR count). The van der Waals surface area contributed by atoms with Crippen molar-refractivity contribution in [3.63, 3.8) is 0 Å². The molecule has 0 amide bonds. The van der Waals surface area contributed by atoms with Gasteiger partial charge in [-0.05, 0) is 59.0 Å². The van der Waals surface area contributed by atoms with Gasteiger partial charge in [-0.15, -0.1) is 0 Å². The Labute approximate surface area is 146 Å². The second-order valence-electron chi connectivity index (χ2n) is 4.60. The Morgan fingerprint density at radius 2 is 1.65 bits per heavy atom. The summed E-state index contributed by atoms with van der Waals surface area (Å²) >= 11 is 2.03. The Morgan fingerprint density at radius 3 is 2.26 bits per heavy atom. The van der Waals surface area contributed by atoms with Crippen LogP contribution in [0.4, 0.5) is 0 Å². The number of benzene rings is 2. The van der Waals surface area contributed by atoms with Gasteiger partial charge in [0.1, 0.15) is 5.75 Å². The van der Waals surface area contributed by atoms with E-state index in [2.05, 4.69) is 0 Å². The van der Waals surface area contributed by atoms with Crippen molar-refractivity contribution in [2.45, 2.75) is 6.92 Å². The van der Waals surface area contributed by atoms with Crippen LogP contribution in [-0.4, -0.2) is 24.3 Å². The zero-order chi connectivity index (χ0) is 16.8. The van der Waals surface area contributed by atoms with Crippen molar-refractivity contribution in [3.8, 4) is 5.75 Å². The van der Waals surface area contributed by atoms with Crippen molar-refractivity contribution < 1.29 is 23.9 Å². The molecule has 0 aliphatic heterocycles. The van der Waals surface area contributed by atoms with Crippen molar-refractivity contribution in [1.29, 1.82) is 0 Å². The van der Waals surface area contributed by atoms with Gasteiger partial charge in [0.2, 0.25) is 0 Å².